The van der Waals surface area contributed by atoms with E-state index < -0.39 is 0 Å². The molecule has 0 aromatic rings. The lowest BCUT2D eigenvalue weighted by Gasteiger charge is -1.70. The molecule has 0 nitrogen and oxygen atoms in total. The van der Waals surface area contributed by atoms with Crippen molar-refractivity contribution in [2.24, 2.45) is 0 Å². The normalized spacial score (nSPS) is 8.36. The highest BCUT2D eigenvalue weighted by Crippen LogP contribution is 1.79. The molecule has 0 aromatic heterocycles. The molecule has 0 N–H and O–H groups in total. The molecule has 0 spiro atoms. The van der Waals surface area contributed by atoms with Crippen molar-refractivity contribution in [2.75, 3.05) is 0 Å². The highest BCUT2D eigenvalue weighted by Gasteiger charge is 1.57. The minimum atomic E-state index is 1.13. The summed E-state index contributed by atoms with van der Waals surface area (Å²) in [5.74, 6) is 0. The van der Waals surface area contributed by atoms with Crippen molar-refractivity contribution in [3.63, 3.8) is 0 Å². The van der Waals surface area contributed by atoms with E-state index in [0.29, 0.717) is 0 Å². The fourth-order valence-corrected chi connectivity index (χ4v) is 0.326. The Labute approximate surface area is 72.3 Å². The molecule has 0 aliphatic heterocycles. The molecule has 0 aromatic carbocycles. The molecule has 0 aliphatic carbocycles. The molecule has 0 amide bonds. The molecule has 66 valence electrons. The van der Waals surface area contributed by atoms with Gasteiger partial charge in [-0.1, -0.05) is 45.1 Å². The first-order chi connectivity index (χ1) is 5.41. The zero-order chi connectivity index (χ0) is 9.54. The van der Waals surface area contributed by atoms with E-state index in [4.69, 9.17) is 0 Å². The molecule has 0 bridgehead atoms. The van der Waals surface area contributed by atoms with Gasteiger partial charge >= 0.3 is 0 Å². The average Bonchev–Trinajstić information content (AvgIpc) is 2.13. The van der Waals surface area contributed by atoms with Crippen molar-refractivity contribution in [3.05, 3.63) is 37.5 Å². The van der Waals surface area contributed by atoms with Crippen molar-refractivity contribution in [1.82, 2.24) is 0 Å². The van der Waals surface area contributed by atoms with E-state index in [-0.39, 0.29) is 0 Å². The summed E-state index contributed by atoms with van der Waals surface area (Å²) in [7, 11) is 0. The maximum absolute atomic E-state index is 3.00. The summed E-state index contributed by atoms with van der Waals surface area (Å²) in [4.78, 5) is 0. The predicted octanol–water partition coefficient (Wildman–Crippen LogP) is 4.36. The second-order valence-corrected chi connectivity index (χ2v) is 1.36. The maximum atomic E-state index is 3.00. The highest BCUT2D eigenvalue weighted by molar-refractivity contribution is 5.00. The van der Waals surface area contributed by atoms with Crippen LogP contribution in [0.3, 0.4) is 0 Å². The smallest absolute Gasteiger partial charge is 0.0376 e. The number of hydrogen-bond acceptors (Lipinski definition) is 0. The van der Waals surface area contributed by atoms with Gasteiger partial charge in [0.1, 0.15) is 0 Å². The summed E-state index contributed by atoms with van der Waals surface area (Å²) in [5, 5.41) is 0. The minimum Gasteiger partial charge on any atom is -0.106 e. The standard InChI is InChI=1S/C7H12.C2H6.C2H4/c1-3-5-7-6-4-2;2*1-2/h3,5-7H,4H2,1-2H3;1-2H3;1-2H2/b5-3-,7-6-;;. The van der Waals surface area contributed by atoms with Gasteiger partial charge in [-0.15, -0.1) is 13.2 Å². The van der Waals surface area contributed by atoms with E-state index in [9.17, 15) is 0 Å². The Hall–Kier alpha value is -0.780. The minimum absolute atomic E-state index is 1.13. The molecule has 0 radical (unpaired) electrons. The van der Waals surface area contributed by atoms with E-state index >= 15 is 0 Å². The molecule has 0 heteroatoms. The Balaban J connectivity index is -0.000000138. The van der Waals surface area contributed by atoms with E-state index in [1.807, 2.05) is 32.9 Å². The molecule has 0 aliphatic rings. The SMILES string of the molecule is C/C=C\C=C/CC.C=C.CC. The molecule has 0 saturated heterocycles. The van der Waals surface area contributed by atoms with Gasteiger partial charge in [0.2, 0.25) is 0 Å². The zero-order valence-corrected chi connectivity index (χ0v) is 8.43. The van der Waals surface area contributed by atoms with E-state index in [1.165, 1.54) is 0 Å². The maximum Gasteiger partial charge on any atom is -0.0376 e. The van der Waals surface area contributed by atoms with Crippen molar-refractivity contribution in [2.45, 2.75) is 34.1 Å². The highest BCUT2D eigenvalue weighted by atomic mass is 13.6. The Bertz CT molecular complexity index is 78.0. The number of hydrogen-bond donors (Lipinski definition) is 0. The summed E-state index contributed by atoms with van der Waals surface area (Å²) in [5.41, 5.74) is 0. The third-order valence-electron chi connectivity index (χ3n) is 0.675. The Morgan fingerprint density at radius 2 is 1.55 bits per heavy atom. The fraction of sp³-hybridized carbons (Fsp3) is 0.455. The summed E-state index contributed by atoms with van der Waals surface area (Å²) in [6.45, 7) is 14.1. The number of rotatable bonds is 2. The van der Waals surface area contributed by atoms with Crippen LogP contribution in [0.5, 0.6) is 0 Å². The summed E-state index contributed by atoms with van der Waals surface area (Å²) in [6.07, 6.45) is 9.36. The molecule has 0 fully saturated rings. The summed E-state index contributed by atoms with van der Waals surface area (Å²) >= 11 is 0. The molecule has 0 rings (SSSR count). The fourth-order valence-electron chi connectivity index (χ4n) is 0.326. The van der Waals surface area contributed by atoms with Crippen LogP contribution in [0, 0.1) is 0 Å². The van der Waals surface area contributed by atoms with Gasteiger partial charge in [0, 0.05) is 0 Å². The van der Waals surface area contributed by atoms with Crippen molar-refractivity contribution in [1.29, 1.82) is 0 Å². The first-order valence-corrected chi connectivity index (χ1v) is 4.19. The van der Waals surface area contributed by atoms with Gasteiger partial charge in [0.05, 0.1) is 0 Å². The predicted molar refractivity (Wildman–Crippen MR) is 56.8 cm³/mol. The van der Waals surface area contributed by atoms with Gasteiger partial charge in [-0.05, 0) is 13.3 Å². The van der Waals surface area contributed by atoms with Crippen LogP contribution in [0.4, 0.5) is 0 Å². The lowest BCUT2D eigenvalue weighted by atomic mass is 10.4. The van der Waals surface area contributed by atoms with Crippen LogP contribution in [0.25, 0.3) is 0 Å². The van der Waals surface area contributed by atoms with Gasteiger partial charge in [-0.25, -0.2) is 0 Å². The van der Waals surface area contributed by atoms with E-state index in [2.05, 4.69) is 32.2 Å². The monoisotopic (exact) mass is 154 g/mol. The Kier molecular flexibility index (Phi) is 53.0. The van der Waals surface area contributed by atoms with Crippen LogP contribution >= 0.6 is 0 Å². The lowest BCUT2D eigenvalue weighted by Crippen LogP contribution is -1.48. The van der Waals surface area contributed by atoms with Crippen LogP contribution in [-0.4, -0.2) is 0 Å². The van der Waals surface area contributed by atoms with Gasteiger partial charge in [-0.3, -0.25) is 0 Å². The zero-order valence-electron chi connectivity index (χ0n) is 8.43. The average molecular weight is 154 g/mol. The molecular weight excluding hydrogens is 132 g/mol. The molecular formula is C11H22. The third-order valence-corrected chi connectivity index (χ3v) is 0.675. The topological polar surface area (TPSA) is 0 Å². The summed E-state index contributed by atoms with van der Waals surface area (Å²) in [6, 6.07) is 0. The van der Waals surface area contributed by atoms with E-state index in [0.717, 1.165) is 6.42 Å². The van der Waals surface area contributed by atoms with Gasteiger partial charge in [-0.2, -0.15) is 0 Å². The molecule has 11 heavy (non-hydrogen) atoms. The van der Waals surface area contributed by atoms with Crippen molar-refractivity contribution in [3.8, 4) is 0 Å². The molecule has 0 heterocycles. The Morgan fingerprint density at radius 3 is 1.82 bits per heavy atom. The Morgan fingerprint density at radius 1 is 1.09 bits per heavy atom. The first kappa shape index (κ1) is 16.7. The molecule has 0 unspecified atom stereocenters. The van der Waals surface area contributed by atoms with Crippen LogP contribution in [0.1, 0.15) is 34.1 Å². The second kappa shape index (κ2) is 35.0. The van der Waals surface area contributed by atoms with Crippen molar-refractivity contribution < 1.29 is 0 Å². The first-order valence-electron chi connectivity index (χ1n) is 4.19. The van der Waals surface area contributed by atoms with Crippen LogP contribution in [-0.2, 0) is 0 Å². The van der Waals surface area contributed by atoms with Crippen LogP contribution in [0.2, 0.25) is 0 Å². The van der Waals surface area contributed by atoms with Gasteiger partial charge in [0.25, 0.3) is 0 Å². The second-order valence-electron chi connectivity index (χ2n) is 1.36. The summed E-state index contributed by atoms with van der Waals surface area (Å²) < 4.78 is 0. The van der Waals surface area contributed by atoms with E-state index in [1.54, 1.807) is 0 Å². The van der Waals surface area contributed by atoms with Gasteiger partial charge in [0.15, 0.2) is 0 Å². The largest absolute Gasteiger partial charge is 0.106 e. The lowest BCUT2D eigenvalue weighted by molar-refractivity contribution is 1.22. The third kappa shape index (κ3) is 46.4. The number of allylic oxidation sites excluding steroid dienone is 4. The van der Waals surface area contributed by atoms with Crippen LogP contribution in [0.15, 0.2) is 37.5 Å². The van der Waals surface area contributed by atoms with Crippen LogP contribution < -0.4 is 0 Å². The quantitative estimate of drug-likeness (QED) is 0.409. The van der Waals surface area contributed by atoms with Crippen molar-refractivity contribution >= 4 is 0 Å². The molecule has 0 saturated carbocycles. The molecule has 0 atom stereocenters. The van der Waals surface area contributed by atoms with Gasteiger partial charge < -0.3 is 0 Å².